The van der Waals surface area contributed by atoms with Crippen LogP contribution in [-0.4, -0.2) is 18.0 Å². The number of ether oxygens (including phenoxy) is 1. The summed E-state index contributed by atoms with van der Waals surface area (Å²) in [4.78, 5) is 4.63. The average molecular weight is 478 g/mol. The minimum atomic E-state index is -0.234. The van der Waals surface area contributed by atoms with Crippen molar-refractivity contribution >= 4 is 38.2 Å². The van der Waals surface area contributed by atoms with Crippen molar-refractivity contribution in [2.75, 3.05) is 6.54 Å². The molecule has 0 aromatic heterocycles. The molecule has 0 spiro atoms. The summed E-state index contributed by atoms with van der Waals surface area (Å²) in [6.45, 7) is 4.85. The molecule has 6 aromatic rings. The van der Waals surface area contributed by atoms with Crippen LogP contribution in [0.5, 0.6) is 0 Å². The first-order valence-electron chi connectivity index (χ1n) is 12.8. The van der Waals surface area contributed by atoms with Crippen LogP contribution < -0.4 is 0 Å². The summed E-state index contributed by atoms with van der Waals surface area (Å²) in [6, 6.07) is 41.6. The fourth-order valence-corrected chi connectivity index (χ4v) is 5.63. The highest BCUT2D eigenvalue weighted by atomic mass is 16.5. The molecule has 0 amide bonds. The molecule has 0 bridgehead atoms. The topological polar surface area (TPSA) is 21.6 Å². The lowest BCUT2D eigenvalue weighted by atomic mass is 9.85. The Morgan fingerprint density at radius 3 is 1.57 bits per heavy atom. The Bertz CT molecular complexity index is 1790. The minimum absolute atomic E-state index is 0.234. The van der Waals surface area contributed by atoms with Crippen LogP contribution in [-0.2, 0) is 4.74 Å². The monoisotopic (exact) mass is 477 g/mol. The molecule has 0 atom stereocenters. The molecule has 37 heavy (non-hydrogen) atoms. The highest BCUT2D eigenvalue weighted by molar-refractivity contribution is 6.21. The second-order valence-corrected chi connectivity index (χ2v) is 10.5. The van der Waals surface area contributed by atoms with Gasteiger partial charge in [-0.15, -0.1) is 0 Å². The summed E-state index contributed by atoms with van der Waals surface area (Å²) in [5.41, 5.74) is 5.84. The number of aliphatic imine (C=N–C) groups is 1. The average Bonchev–Trinajstić information content (AvgIpc) is 3.31. The molecule has 1 aliphatic rings. The maximum absolute atomic E-state index is 6.07. The lowest BCUT2D eigenvalue weighted by Gasteiger charge is -2.18. The van der Waals surface area contributed by atoms with Gasteiger partial charge in [-0.25, -0.2) is 4.99 Å². The van der Waals surface area contributed by atoms with Crippen LogP contribution in [0.3, 0.4) is 0 Å². The van der Waals surface area contributed by atoms with Crippen molar-refractivity contribution < 1.29 is 4.74 Å². The molecule has 0 saturated heterocycles. The molecule has 2 heteroatoms. The van der Waals surface area contributed by atoms with Gasteiger partial charge in [0.25, 0.3) is 0 Å². The van der Waals surface area contributed by atoms with Crippen LogP contribution >= 0.6 is 0 Å². The molecule has 1 heterocycles. The molecule has 1 aliphatic heterocycles. The van der Waals surface area contributed by atoms with E-state index >= 15 is 0 Å². The van der Waals surface area contributed by atoms with E-state index in [9.17, 15) is 0 Å². The molecule has 0 saturated carbocycles. The summed E-state index contributed by atoms with van der Waals surface area (Å²) in [6.07, 6.45) is 0. The lowest BCUT2D eigenvalue weighted by Crippen LogP contribution is -2.24. The highest BCUT2D eigenvalue weighted by Gasteiger charge is 2.28. The first kappa shape index (κ1) is 21.8. The molecule has 0 N–H and O–H groups in total. The molecule has 7 rings (SSSR count). The molecule has 0 unspecified atom stereocenters. The fraction of sp³-hybridized carbons (Fsp3) is 0.114. The largest absolute Gasteiger partial charge is 0.469 e. The number of nitrogens with zero attached hydrogens (tertiary/aromatic N) is 1. The predicted octanol–water partition coefficient (Wildman–Crippen LogP) is 9.04. The third-order valence-electron chi connectivity index (χ3n) is 7.35. The van der Waals surface area contributed by atoms with Crippen LogP contribution in [0, 0.1) is 0 Å². The zero-order valence-corrected chi connectivity index (χ0v) is 21.0. The zero-order chi connectivity index (χ0) is 25.0. The Morgan fingerprint density at radius 2 is 1.03 bits per heavy atom. The molecular formula is C35H27NO. The van der Waals surface area contributed by atoms with Crippen molar-refractivity contribution in [3.05, 3.63) is 121 Å². The van der Waals surface area contributed by atoms with Crippen LogP contribution in [0.25, 0.3) is 54.6 Å². The van der Waals surface area contributed by atoms with Crippen LogP contribution in [0.2, 0.25) is 0 Å². The summed E-state index contributed by atoms with van der Waals surface area (Å²) in [5, 5.41) is 7.49. The van der Waals surface area contributed by atoms with E-state index in [1.165, 1.54) is 54.6 Å². The summed E-state index contributed by atoms with van der Waals surface area (Å²) in [7, 11) is 0. The first-order chi connectivity index (χ1) is 18.1. The Kier molecular flexibility index (Phi) is 4.90. The normalized spacial score (nSPS) is 14.7. The van der Waals surface area contributed by atoms with Crippen molar-refractivity contribution in [3.8, 4) is 22.3 Å². The lowest BCUT2D eigenvalue weighted by molar-refractivity contribution is 0.131. The predicted molar refractivity (Wildman–Crippen MR) is 156 cm³/mol. The summed E-state index contributed by atoms with van der Waals surface area (Å²) < 4.78 is 6.07. The van der Waals surface area contributed by atoms with Crippen LogP contribution in [0.4, 0.5) is 0 Å². The van der Waals surface area contributed by atoms with E-state index in [0.29, 0.717) is 6.54 Å². The minimum Gasteiger partial charge on any atom is -0.469 e. The summed E-state index contributed by atoms with van der Waals surface area (Å²) in [5.74, 6) is 0.740. The van der Waals surface area contributed by atoms with Gasteiger partial charge in [0.1, 0.15) is 5.60 Å². The number of rotatable bonds is 3. The van der Waals surface area contributed by atoms with Gasteiger partial charge in [0.2, 0.25) is 5.90 Å². The van der Waals surface area contributed by atoms with Gasteiger partial charge in [0.05, 0.1) is 6.54 Å². The molecule has 0 radical (unpaired) electrons. The van der Waals surface area contributed by atoms with Gasteiger partial charge >= 0.3 is 0 Å². The van der Waals surface area contributed by atoms with Gasteiger partial charge < -0.3 is 4.74 Å². The van der Waals surface area contributed by atoms with Crippen molar-refractivity contribution in [1.82, 2.24) is 0 Å². The molecule has 0 aliphatic carbocycles. The third-order valence-corrected chi connectivity index (χ3v) is 7.35. The Balaban J connectivity index is 1.44. The van der Waals surface area contributed by atoms with Gasteiger partial charge in [-0.2, -0.15) is 0 Å². The van der Waals surface area contributed by atoms with Crippen molar-refractivity contribution in [1.29, 1.82) is 0 Å². The number of fused-ring (bicyclic) bond motifs is 3. The maximum atomic E-state index is 6.07. The number of hydrogen-bond acceptors (Lipinski definition) is 2. The SMILES string of the molecule is CC1(C)CN=C(c2ccc3cc(-c4c5ccccc5c(-c5ccccc5)c5ccccc45)ccc3c2)O1. The molecular weight excluding hydrogens is 450 g/mol. The van der Waals surface area contributed by atoms with E-state index in [1.807, 2.05) is 0 Å². The van der Waals surface area contributed by atoms with E-state index in [2.05, 4.69) is 134 Å². The zero-order valence-electron chi connectivity index (χ0n) is 21.0. The van der Waals surface area contributed by atoms with Gasteiger partial charge in [-0.3, -0.25) is 0 Å². The van der Waals surface area contributed by atoms with E-state index in [1.54, 1.807) is 0 Å². The van der Waals surface area contributed by atoms with E-state index in [0.717, 1.165) is 11.5 Å². The molecule has 2 nitrogen and oxygen atoms in total. The van der Waals surface area contributed by atoms with Gasteiger partial charge in [-0.1, -0.05) is 97.1 Å². The van der Waals surface area contributed by atoms with Crippen molar-refractivity contribution in [2.24, 2.45) is 4.99 Å². The van der Waals surface area contributed by atoms with Crippen LogP contribution in [0.15, 0.2) is 120 Å². The second-order valence-electron chi connectivity index (χ2n) is 10.5. The Hall–Kier alpha value is -4.43. The Morgan fingerprint density at radius 1 is 0.541 bits per heavy atom. The molecule has 6 aromatic carbocycles. The van der Waals surface area contributed by atoms with E-state index in [-0.39, 0.29) is 5.60 Å². The number of benzene rings is 6. The Labute approximate surface area is 216 Å². The second kappa shape index (κ2) is 8.31. The smallest absolute Gasteiger partial charge is 0.216 e. The molecule has 0 fully saturated rings. The standard InChI is InChI=1S/C35H27NO/c1-35(2)22-36-34(37-35)27-19-17-24-20-26(18-16-25(24)21-27)33-30-14-8-6-12-28(30)32(23-10-4-3-5-11-23)29-13-7-9-15-31(29)33/h3-21H,22H2,1-2H3. The fourth-order valence-electron chi connectivity index (χ4n) is 5.63. The first-order valence-corrected chi connectivity index (χ1v) is 12.8. The van der Waals surface area contributed by atoms with Gasteiger partial charge in [0.15, 0.2) is 0 Å². The third kappa shape index (κ3) is 3.68. The van der Waals surface area contributed by atoms with Crippen molar-refractivity contribution in [2.45, 2.75) is 19.4 Å². The van der Waals surface area contributed by atoms with E-state index in [4.69, 9.17) is 4.74 Å². The summed E-state index contributed by atoms with van der Waals surface area (Å²) >= 11 is 0. The highest BCUT2D eigenvalue weighted by Crippen LogP contribution is 2.44. The van der Waals surface area contributed by atoms with Crippen LogP contribution in [0.1, 0.15) is 19.4 Å². The van der Waals surface area contributed by atoms with Gasteiger partial charge in [0, 0.05) is 5.56 Å². The molecule has 178 valence electrons. The van der Waals surface area contributed by atoms with Gasteiger partial charge in [-0.05, 0) is 86.6 Å². The number of hydrogen-bond donors (Lipinski definition) is 0. The van der Waals surface area contributed by atoms with Crippen molar-refractivity contribution in [3.63, 3.8) is 0 Å². The maximum Gasteiger partial charge on any atom is 0.216 e. The quantitative estimate of drug-likeness (QED) is 0.233. The van der Waals surface area contributed by atoms with E-state index < -0.39 is 0 Å².